The minimum Gasteiger partial charge on any atom is -0.497 e. The smallest absolute Gasteiger partial charge is 0.262 e. The molecule has 0 bridgehead atoms. The predicted molar refractivity (Wildman–Crippen MR) is 150 cm³/mol. The van der Waals surface area contributed by atoms with Gasteiger partial charge in [-0.15, -0.1) is 0 Å². The van der Waals surface area contributed by atoms with Crippen molar-refractivity contribution >= 4 is 51.7 Å². The maximum Gasteiger partial charge on any atom is 0.262 e. The SMILES string of the molecule is COc1ccc([C@@H]2CC(c3ccc(Cl)cc3)=NN2C2=NC(=O)[C@@H](CC(=O)Nc3cccc(OC)c3)S2)cc1. The fourth-order valence-electron chi connectivity index (χ4n) is 4.27. The molecule has 3 aromatic carbocycles. The van der Waals surface area contributed by atoms with Crippen molar-refractivity contribution in [2.45, 2.75) is 24.1 Å². The van der Waals surface area contributed by atoms with E-state index in [-0.39, 0.29) is 24.3 Å². The van der Waals surface area contributed by atoms with Crippen LogP contribution in [0.2, 0.25) is 5.02 Å². The number of ether oxygens (including phenoxy) is 2. The lowest BCUT2D eigenvalue weighted by molar-refractivity contribution is -0.121. The van der Waals surface area contributed by atoms with E-state index >= 15 is 0 Å². The third-order valence-corrected chi connectivity index (χ3v) is 7.63. The number of rotatable bonds is 7. The van der Waals surface area contributed by atoms with E-state index < -0.39 is 5.25 Å². The predicted octanol–water partition coefficient (Wildman–Crippen LogP) is 5.54. The molecule has 0 radical (unpaired) electrons. The Morgan fingerprint density at radius 2 is 1.79 bits per heavy atom. The third kappa shape index (κ3) is 5.69. The molecule has 0 aliphatic carbocycles. The van der Waals surface area contributed by atoms with Gasteiger partial charge in [-0.2, -0.15) is 10.1 Å². The zero-order valence-electron chi connectivity index (χ0n) is 20.8. The van der Waals surface area contributed by atoms with Gasteiger partial charge in [0, 0.05) is 29.6 Å². The molecule has 2 aliphatic rings. The van der Waals surface area contributed by atoms with Gasteiger partial charge in [-0.25, -0.2) is 5.01 Å². The Hall–Kier alpha value is -3.82. The van der Waals surface area contributed by atoms with Crippen LogP contribution in [0.1, 0.15) is 30.0 Å². The van der Waals surface area contributed by atoms with E-state index in [0.717, 1.165) is 22.6 Å². The number of halogens is 1. The van der Waals surface area contributed by atoms with Gasteiger partial charge in [0.2, 0.25) is 5.91 Å². The summed E-state index contributed by atoms with van der Waals surface area (Å²) in [6.45, 7) is 0. The van der Waals surface area contributed by atoms with Crippen LogP contribution in [0.15, 0.2) is 82.9 Å². The molecule has 1 N–H and O–H groups in total. The first-order chi connectivity index (χ1) is 18.4. The molecule has 0 fully saturated rings. The summed E-state index contributed by atoms with van der Waals surface area (Å²) in [6, 6.07) is 22.2. The van der Waals surface area contributed by atoms with Crippen molar-refractivity contribution in [2.75, 3.05) is 19.5 Å². The standard InChI is InChI=1S/C28H25ClN4O4S/c1-36-21-12-8-18(9-13-21)24-15-23(17-6-10-19(29)11-7-17)32-33(24)28-31-27(35)25(38-28)16-26(34)30-20-4-3-5-22(14-20)37-2/h3-14,24-25H,15-16H2,1-2H3,(H,30,34)/t24-,25+/m0/s1. The summed E-state index contributed by atoms with van der Waals surface area (Å²) in [5, 5.41) is 9.96. The quantitative estimate of drug-likeness (QED) is 0.417. The number of aliphatic imine (C=N–C) groups is 1. The molecule has 0 saturated carbocycles. The summed E-state index contributed by atoms with van der Waals surface area (Å²) in [5.74, 6) is 0.753. The van der Waals surface area contributed by atoms with Crippen LogP contribution >= 0.6 is 23.4 Å². The topological polar surface area (TPSA) is 92.6 Å². The second kappa shape index (κ2) is 11.3. The highest BCUT2D eigenvalue weighted by molar-refractivity contribution is 8.15. The number of benzene rings is 3. The van der Waals surface area contributed by atoms with Crippen molar-refractivity contribution in [3.63, 3.8) is 0 Å². The largest absolute Gasteiger partial charge is 0.497 e. The fraction of sp³-hybridized carbons (Fsp3) is 0.214. The Morgan fingerprint density at radius 1 is 1.05 bits per heavy atom. The highest BCUT2D eigenvalue weighted by atomic mass is 35.5. The summed E-state index contributed by atoms with van der Waals surface area (Å²) >= 11 is 7.34. The molecule has 5 rings (SSSR count). The molecule has 2 atom stereocenters. The van der Waals surface area contributed by atoms with Crippen LogP contribution in [0.5, 0.6) is 11.5 Å². The fourth-order valence-corrected chi connectivity index (χ4v) is 5.46. The molecule has 3 aromatic rings. The Morgan fingerprint density at radius 3 is 2.50 bits per heavy atom. The van der Waals surface area contributed by atoms with E-state index in [1.165, 1.54) is 11.8 Å². The number of hydrazone groups is 1. The van der Waals surface area contributed by atoms with Crippen molar-refractivity contribution in [2.24, 2.45) is 10.1 Å². The molecule has 2 aliphatic heterocycles. The Kier molecular flexibility index (Phi) is 7.67. The van der Waals surface area contributed by atoms with Gasteiger partial charge >= 0.3 is 0 Å². The normalized spacial score (nSPS) is 18.7. The number of hydrogen-bond acceptors (Lipinski definition) is 7. The highest BCUT2D eigenvalue weighted by Gasteiger charge is 2.39. The molecule has 2 heterocycles. The van der Waals surface area contributed by atoms with Gasteiger partial charge in [-0.3, -0.25) is 9.59 Å². The number of nitrogens with one attached hydrogen (secondary N) is 1. The molecule has 0 unspecified atom stereocenters. The number of carbonyl (C=O) groups excluding carboxylic acids is 2. The van der Waals surface area contributed by atoms with E-state index in [1.807, 2.05) is 48.5 Å². The summed E-state index contributed by atoms with van der Waals surface area (Å²) < 4.78 is 10.5. The lowest BCUT2D eigenvalue weighted by Gasteiger charge is -2.23. The number of methoxy groups -OCH3 is 2. The zero-order valence-corrected chi connectivity index (χ0v) is 22.3. The van der Waals surface area contributed by atoms with Gasteiger partial charge < -0.3 is 14.8 Å². The first-order valence-corrected chi connectivity index (χ1v) is 13.2. The van der Waals surface area contributed by atoms with Crippen LogP contribution in [-0.4, -0.2) is 47.2 Å². The Bertz CT molecular complexity index is 1410. The summed E-state index contributed by atoms with van der Waals surface area (Å²) in [7, 11) is 3.19. The highest BCUT2D eigenvalue weighted by Crippen LogP contribution is 2.39. The van der Waals surface area contributed by atoms with Gasteiger partial charge in [0.25, 0.3) is 5.91 Å². The number of amidine groups is 1. The van der Waals surface area contributed by atoms with Gasteiger partial charge in [0.05, 0.1) is 26.0 Å². The molecule has 0 saturated heterocycles. The molecule has 2 amide bonds. The average molecular weight is 549 g/mol. The lowest BCUT2D eigenvalue weighted by Crippen LogP contribution is -2.25. The Balaban J connectivity index is 1.34. The van der Waals surface area contributed by atoms with Gasteiger partial charge in [-0.1, -0.05) is 53.7 Å². The second-order valence-corrected chi connectivity index (χ2v) is 10.3. The van der Waals surface area contributed by atoms with Crippen LogP contribution in [-0.2, 0) is 9.59 Å². The minimum absolute atomic E-state index is 0.0114. The summed E-state index contributed by atoms with van der Waals surface area (Å²) in [6.07, 6.45) is 0.602. The first kappa shape index (κ1) is 25.8. The van der Waals surface area contributed by atoms with Gasteiger partial charge in [-0.05, 0) is 47.5 Å². The molecular weight excluding hydrogens is 524 g/mol. The maximum atomic E-state index is 12.8. The van der Waals surface area contributed by atoms with Crippen molar-refractivity contribution in [1.82, 2.24) is 5.01 Å². The summed E-state index contributed by atoms with van der Waals surface area (Å²) in [5.41, 5.74) is 3.41. The third-order valence-electron chi connectivity index (χ3n) is 6.24. The van der Waals surface area contributed by atoms with Gasteiger partial charge in [0.1, 0.15) is 16.7 Å². The van der Waals surface area contributed by atoms with Crippen LogP contribution in [0.3, 0.4) is 0 Å². The number of nitrogens with zero attached hydrogens (tertiary/aromatic N) is 3. The second-order valence-electron chi connectivity index (χ2n) is 8.71. The number of carbonyl (C=O) groups is 2. The number of hydrogen-bond donors (Lipinski definition) is 1. The van der Waals surface area contributed by atoms with Crippen LogP contribution in [0.4, 0.5) is 5.69 Å². The van der Waals surface area contributed by atoms with Crippen LogP contribution in [0.25, 0.3) is 0 Å². The number of thioether (sulfide) groups is 1. The summed E-state index contributed by atoms with van der Waals surface area (Å²) in [4.78, 5) is 29.9. The van der Waals surface area contributed by atoms with Crippen molar-refractivity contribution in [3.8, 4) is 11.5 Å². The molecule has 10 heteroatoms. The van der Waals surface area contributed by atoms with Crippen LogP contribution < -0.4 is 14.8 Å². The molecule has 0 spiro atoms. The molecular formula is C28H25ClN4O4S. The first-order valence-electron chi connectivity index (χ1n) is 11.9. The van der Waals surface area contributed by atoms with Crippen LogP contribution in [0, 0.1) is 0 Å². The molecule has 194 valence electrons. The average Bonchev–Trinajstić information content (AvgIpc) is 3.53. The van der Waals surface area contributed by atoms with E-state index in [0.29, 0.717) is 28.0 Å². The molecule has 38 heavy (non-hydrogen) atoms. The van der Waals surface area contributed by atoms with E-state index in [9.17, 15) is 9.59 Å². The van der Waals surface area contributed by atoms with Crippen molar-refractivity contribution in [1.29, 1.82) is 0 Å². The monoisotopic (exact) mass is 548 g/mol. The van der Waals surface area contributed by atoms with E-state index in [2.05, 4.69) is 10.3 Å². The maximum absolute atomic E-state index is 12.8. The number of anilines is 1. The lowest BCUT2D eigenvalue weighted by atomic mass is 9.98. The van der Waals surface area contributed by atoms with Gasteiger partial charge in [0.15, 0.2) is 5.17 Å². The van der Waals surface area contributed by atoms with Crippen molar-refractivity contribution < 1.29 is 19.1 Å². The Labute approximate surface area is 229 Å². The number of amides is 2. The zero-order chi connectivity index (χ0) is 26.6. The van der Waals surface area contributed by atoms with Crippen molar-refractivity contribution in [3.05, 3.63) is 88.9 Å². The minimum atomic E-state index is -0.637. The van der Waals surface area contributed by atoms with E-state index in [4.69, 9.17) is 26.2 Å². The molecule has 8 nitrogen and oxygen atoms in total. The van der Waals surface area contributed by atoms with E-state index in [1.54, 1.807) is 43.5 Å². The molecule has 0 aromatic heterocycles.